The lowest BCUT2D eigenvalue weighted by atomic mass is 9.96. The predicted molar refractivity (Wildman–Crippen MR) is 83.2 cm³/mol. The van der Waals surface area contributed by atoms with Crippen molar-refractivity contribution in [3.05, 3.63) is 63.3 Å². The van der Waals surface area contributed by atoms with E-state index in [0.29, 0.717) is 30.2 Å². The fourth-order valence-corrected chi connectivity index (χ4v) is 3.13. The Labute approximate surface area is 133 Å². The van der Waals surface area contributed by atoms with Gasteiger partial charge < -0.3 is 4.98 Å². The smallest absolute Gasteiger partial charge is 0.251 e. The lowest BCUT2D eigenvalue weighted by Crippen LogP contribution is -2.35. The van der Waals surface area contributed by atoms with Crippen LogP contribution in [0.1, 0.15) is 35.8 Å². The zero-order valence-corrected chi connectivity index (χ0v) is 13.0. The van der Waals surface area contributed by atoms with Gasteiger partial charge in [-0.2, -0.15) is 0 Å². The van der Waals surface area contributed by atoms with E-state index in [1.54, 1.807) is 13.0 Å². The quantitative estimate of drug-likeness (QED) is 0.946. The number of hydrogen-bond donors (Lipinski definition) is 1. The molecule has 1 aliphatic heterocycles. The molecular formula is C17H19F2N3O. The number of aromatic nitrogens is 2. The Morgan fingerprint density at radius 2 is 2.22 bits per heavy atom. The normalized spacial score (nSPS) is 19.0. The zero-order chi connectivity index (χ0) is 16.4. The van der Waals surface area contributed by atoms with Gasteiger partial charge in [-0.1, -0.05) is 12.1 Å². The van der Waals surface area contributed by atoms with Crippen LogP contribution in [0, 0.1) is 18.6 Å². The molecule has 1 saturated heterocycles. The van der Waals surface area contributed by atoms with E-state index in [1.807, 2.05) is 0 Å². The van der Waals surface area contributed by atoms with Crippen LogP contribution in [0.5, 0.6) is 0 Å². The van der Waals surface area contributed by atoms with Crippen LogP contribution in [-0.2, 0) is 6.54 Å². The van der Waals surface area contributed by atoms with E-state index in [0.717, 1.165) is 25.5 Å². The van der Waals surface area contributed by atoms with Crippen molar-refractivity contribution < 1.29 is 8.78 Å². The molecule has 0 unspecified atom stereocenters. The highest BCUT2D eigenvalue weighted by Crippen LogP contribution is 2.25. The van der Waals surface area contributed by atoms with Gasteiger partial charge in [-0.15, -0.1) is 0 Å². The van der Waals surface area contributed by atoms with Gasteiger partial charge >= 0.3 is 0 Å². The number of nitrogens with zero attached hydrogens (tertiary/aromatic N) is 2. The van der Waals surface area contributed by atoms with Gasteiger partial charge in [0.15, 0.2) is 11.6 Å². The van der Waals surface area contributed by atoms with Crippen molar-refractivity contribution in [1.29, 1.82) is 0 Å². The van der Waals surface area contributed by atoms with Crippen LogP contribution in [0.4, 0.5) is 8.78 Å². The molecular weight excluding hydrogens is 300 g/mol. The molecule has 1 fully saturated rings. The van der Waals surface area contributed by atoms with Gasteiger partial charge in [0.05, 0.1) is 0 Å². The Hall–Kier alpha value is -2.08. The molecule has 3 rings (SSSR count). The number of piperidine rings is 1. The minimum absolute atomic E-state index is 0.105. The molecule has 0 saturated carbocycles. The average molecular weight is 319 g/mol. The van der Waals surface area contributed by atoms with Crippen LogP contribution in [0.2, 0.25) is 0 Å². The van der Waals surface area contributed by atoms with E-state index in [9.17, 15) is 13.6 Å². The van der Waals surface area contributed by atoms with E-state index < -0.39 is 11.6 Å². The molecule has 1 N–H and O–H groups in total. The first kappa shape index (κ1) is 15.8. The molecule has 1 atom stereocenters. The molecule has 6 heteroatoms. The molecule has 0 amide bonds. The number of hydrogen-bond acceptors (Lipinski definition) is 3. The number of rotatable bonds is 3. The van der Waals surface area contributed by atoms with Crippen molar-refractivity contribution in [2.24, 2.45) is 0 Å². The van der Waals surface area contributed by atoms with Gasteiger partial charge in [-0.25, -0.2) is 13.8 Å². The average Bonchev–Trinajstić information content (AvgIpc) is 2.51. The van der Waals surface area contributed by atoms with E-state index in [1.165, 1.54) is 12.1 Å². The molecule has 23 heavy (non-hydrogen) atoms. The summed E-state index contributed by atoms with van der Waals surface area (Å²) < 4.78 is 27.1. The second-order valence-corrected chi connectivity index (χ2v) is 6.06. The number of aryl methyl sites for hydroxylation is 1. The van der Waals surface area contributed by atoms with Gasteiger partial charge in [-0.05, 0) is 32.4 Å². The maximum Gasteiger partial charge on any atom is 0.251 e. The number of H-pyrrole nitrogens is 1. The number of aromatic amines is 1. The number of nitrogens with one attached hydrogen (secondary N) is 1. The van der Waals surface area contributed by atoms with Crippen LogP contribution in [-0.4, -0.2) is 28.0 Å². The molecule has 122 valence electrons. The van der Waals surface area contributed by atoms with E-state index in [-0.39, 0.29) is 11.5 Å². The SMILES string of the molecule is Cc1cc(=O)[nH]c([C@@H]2CCCN(Cc3cccc(F)c3F)C2)n1. The molecule has 2 aromatic rings. The highest BCUT2D eigenvalue weighted by molar-refractivity contribution is 5.19. The van der Waals surface area contributed by atoms with Crippen molar-refractivity contribution in [2.45, 2.75) is 32.2 Å². The first-order chi connectivity index (χ1) is 11.0. The fraction of sp³-hybridized carbons (Fsp3) is 0.412. The fourth-order valence-electron chi connectivity index (χ4n) is 3.13. The number of likely N-dealkylation sites (tertiary alicyclic amines) is 1. The van der Waals surface area contributed by atoms with E-state index in [4.69, 9.17) is 0 Å². The van der Waals surface area contributed by atoms with Gasteiger partial charge in [0.2, 0.25) is 0 Å². The summed E-state index contributed by atoms with van der Waals surface area (Å²) in [6.07, 6.45) is 1.85. The summed E-state index contributed by atoms with van der Waals surface area (Å²) in [6.45, 7) is 3.64. The van der Waals surface area contributed by atoms with Crippen molar-refractivity contribution in [3.63, 3.8) is 0 Å². The third kappa shape index (κ3) is 3.64. The van der Waals surface area contributed by atoms with Crippen molar-refractivity contribution in [2.75, 3.05) is 13.1 Å². The first-order valence-electron chi connectivity index (χ1n) is 7.76. The Kier molecular flexibility index (Phi) is 4.52. The van der Waals surface area contributed by atoms with E-state index >= 15 is 0 Å². The summed E-state index contributed by atoms with van der Waals surface area (Å²) in [5, 5.41) is 0. The second kappa shape index (κ2) is 6.58. The molecule has 1 aliphatic rings. The summed E-state index contributed by atoms with van der Waals surface area (Å²) >= 11 is 0. The highest BCUT2D eigenvalue weighted by atomic mass is 19.2. The standard InChI is InChI=1S/C17H19F2N3O/c1-11-8-15(23)21-17(20-11)13-5-3-7-22(10-13)9-12-4-2-6-14(18)16(12)19/h2,4,6,8,13H,3,5,7,9-10H2,1H3,(H,20,21,23)/t13-/m1/s1. The maximum atomic E-state index is 13.8. The molecule has 0 aliphatic carbocycles. The Bertz CT molecular complexity index is 760. The summed E-state index contributed by atoms with van der Waals surface area (Å²) in [6, 6.07) is 5.72. The summed E-state index contributed by atoms with van der Waals surface area (Å²) in [5.41, 5.74) is 0.897. The maximum absolute atomic E-state index is 13.8. The lowest BCUT2D eigenvalue weighted by Gasteiger charge is -2.32. The molecule has 0 spiro atoms. The monoisotopic (exact) mass is 319 g/mol. The second-order valence-electron chi connectivity index (χ2n) is 6.06. The number of halogens is 2. The summed E-state index contributed by atoms with van der Waals surface area (Å²) in [7, 11) is 0. The molecule has 0 radical (unpaired) electrons. The third-order valence-electron chi connectivity index (χ3n) is 4.21. The van der Waals surface area contributed by atoms with Gasteiger partial charge in [0, 0.05) is 36.3 Å². The van der Waals surface area contributed by atoms with Crippen molar-refractivity contribution in [3.8, 4) is 0 Å². The Morgan fingerprint density at radius 3 is 3.00 bits per heavy atom. The minimum Gasteiger partial charge on any atom is -0.310 e. The number of benzene rings is 1. The van der Waals surface area contributed by atoms with Gasteiger partial charge in [0.1, 0.15) is 5.82 Å². The zero-order valence-electron chi connectivity index (χ0n) is 13.0. The lowest BCUT2D eigenvalue weighted by molar-refractivity contribution is 0.193. The molecule has 1 aromatic heterocycles. The largest absolute Gasteiger partial charge is 0.310 e. The third-order valence-corrected chi connectivity index (χ3v) is 4.21. The first-order valence-corrected chi connectivity index (χ1v) is 7.76. The van der Waals surface area contributed by atoms with E-state index in [2.05, 4.69) is 14.9 Å². The summed E-state index contributed by atoms with van der Waals surface area (Å²) in [4.78, 5) is 20.9. The molecule has 1 aromatic carbocycles. The molecule has 2 heterocycles. The molecule has 0 bridgehead atoms. The van der Waals surface area contributed by atoms with Crippen LogP contribution < -0.4 is 5.56 Å². The van der Waals surface area contributed by atoms with Crippen LogP contribution in [0.3, 0.4) is 0 Å². The Morgan fingerprint density at radius 1 is 1.39 bits per heavy atom. The van der Waals surface area contributed by atoms with Gasteiger partial charge in [-0.3, -0.25) is 9.69 Å². The highest BCUT2D eigenvalue weighted by Gasteiger charge is 2.24. The summed E-state index contributed by atoms with van der Waals surface area (Å²) in [5.74, 6) is -0.815. The van der Waals surface area contributed by atoms with Crippen LogP contribution in [0.15, 0.2) is 29.1 Å². The van der Waals surface area contributed by atoms with Crippen molar-refractivity contribution >= 4 is 0 Å². The predicted octanol–water partition coefficient (Wildman–Crippen LogP) is 2.74. The van der Waals surface area contributed by atoms with Gasteiger partial charge in [0.25, 0.3) is 5.56 Å². The topological polar surface area (TPSA) is 49.0 Å². The Balaban J connectivity index is 1.75. The van der Waals surface area contributed by atoms with Crippen LogP contribution >= 0.6 is 0 Å². The minimum atomic E-state index is -0.819. The van der Waals surface area contributed by atoms with Crippen molar-refractivity contribution in [1.82, 2.24) is 14.9 Å². The van der Waals surface area contributed by atoms with Crippen LogP contribution in [0.25, 0.3) is 0 Å². The molecule has 4 nitrogen and oxygen atoms in total.